The number of fused-ring (bicyclic) bond motifs is 3. The number of nitrogens with zero attached hydrogens (tertiary/aromatic N) is 4. The number of morpholine rings is 1. The maximum Gasteiger partial charge on any atom is 0.411 e. The summed E-state index contributed by atoms with van der Waals surface area (Å²) in [6, 6.07) is 10.6. The zero-order valence-corrected chi connectivity index (χ0v) is 31.1. The minimum absolute atomic E-state index is 0.102. The fourth-order valence-electron chi connectivity index (χ4n) is 6.90. The predicted molar refractivity (Wildman–Crippen MR) is 191 cm³/mol. The van der Waals surface area contributed by atoms with Crippen molar-refractivity contribution in [3.8, 4) is 17.0 Å². The number of carbonyl (C=O) groups excluding carboxylic acids is 1. The van der Waals surface area contributed by atoms with Crippen molar-refractivity contribution in [2.24, 2.45) is 0 Å². The second-order valence-electron chi connectivity index (χ2n) is 15.5. The summed E-state index contributed by atoms with van der Waals surface area (Å²) >= 11 is 0. The molecule has 0 radical (unpaired) electrons. The summed E-state index contributed by atoms with van der Waals surface area (Å²) in [6.45, 7) is 15.6. The summed E-state index contributed by atoms with van der Waals surface area (Å²) in [5, 5.41) is 10.7. The molecule has 3 aromatic rings. The highest BCUT2D eigenvalue weighted by atomic mass is 28.3. The van der Waals surface area contributed by atoms with Crippen molar-refractivity contribution in [3.05, 3.63) is 47.7 Å². The molecular weight excluding hydrogens is 641 g/mol. The molecule has 2 bridgehead atoms. The van der Waals surface area contributed by atoms with Crippen LogP contribution in [0.1, 0.15) is 51.3 Å². The molecule has 2 saturated heterocycles. The molecule has 3 aliphatic heterocycles. The first-order valence-electron chi connectivity index (χ1n) is 17.5. The quantitative estimate of drug-likeness (QED) is 0.114. The number of benzene rings is 1. The number of para-hydroxylation sites is 1. The highest BCUT2D eigenvalue weighted by molar-refractivity contribution is 6.76. The number of amides is 1. The Labute approximate surface area is 290 Å². The Bertz CT molecular complexity index is 1650. The third-order valence-electron chi connectivity index (χ3n) is 9.19. The van der Waals surface area contributed by atoms with Gasteiger partial charge in [0.05, 0.1) is 42.8 Å². The molecule has 1 aromatic carbocycles. The molecule has 49 heavy (non-hydrogen) atoms. The van der Waals surface area contributed by atoms with Gasteiger partial charge in [0.15, 0.2) is 12.4 Å². The van der Waals surface area contributed by atoms with Gasteiger partial charge in [0.2, 0.25) is 0 Å². The molecule has 0 N–H and O–H groups in total. The van der Waals surface area contributed by atoms with Gasteiger partial charge in [-0.3, -0.25) is 9.47 Å². The van der Waals surface area contributed by atoms with E-state index in [2.05, 4.69) is 36.4 Å². The van der Waals surface area contributed by atoms with E-state index in [1.54, 1.807) is 7.11 Å². The molecule has 2 aromatic heterocycles. The van der Waals surface area contributed by atoms with Crippen LogP contribution < -0.4 is 4.74 Å². The van der Waals surface area contributed by atoms with Crippen LogP contribution in [0, 0.1) is 0 Å². The molecule has 3 aliphatic rings. The second kappa shape index (κ2) is 14.9. The number of ether oxygens (including phenoxy) is 6. The molecule has 0 aliphatic carbocycles. The van der Waals surface area contributed by atoms with Crippen molar-refractivity contribution >= 4 is 30.8 Å². The Morgan fingerprint density at radius 1 is 1.12 bits per heavy atom. The lowest BCUT2D eigenvalue weighted by atomic mass is 9.89. The summed E-state index contributed by atoms with van der Waals surface area (Å²) in [6.07, 6.45) is 5.39. The average Bonchev–Trinajstić information content (AvgIpc) is 3.66. The Morgan fingerprint density at radius 2 is 1.94 bits per heavy atom. The van der Waals surface area contributed by atoms with Crippen LogP contribution in [0.5, 0.6) is 5.75 Å². The molecule has 1 amide bonds. The lowest BCUT2D eigenvalue weighted by Crippen LogP contribution is -2.57. The van der Waals surface area contributed by atoms with Crippen LogP contribution in [0.2, 0.25) is 25.7 Å². The Hall–Kier alpha value is -3.29. The van der Waals surface area contributed by atoms with E-state index in [4.69, 9.17) is 38.6 Å². The molecule has 6 rings (SSSR count). The van der Waals surface area contributed by atoms with Gasteiger partial charge in [0.1, 0.15) is 18.1 Å². The fraction of sp³-hybridized carbons (Fsp3) is 0.595. The number of methoxy groups -OCH3 is 1. The highest BCUT2D eigenvalue weighted by Crippen LogP contribution is 2.41. The van der Waals surface area contributed by atoms with E-state index >= 15 is 0 Å². The van der Waals surface area contributed by atoms with Crippen molar-refractivity contribution in [1.29, 1.82) is 0 Å². The standard InChI is InChI=1S/C37H52N4O7Si/c1-37(2,3)48-36(42)41-26-17-25(18-27(41)22-45-21-26)34-30(19-28-11-10-14-46-28)31-20-32(29-12-8-9-13-33(29)47-24-43-4)38-39-35(31)40(34)23-44-15-16-49(5,6)7/h8-9,12-13,17,20,26-28H,10-11,14-16,18-19,21-24H2,1-7H3/t26-,27+,28?/m0/s1. The van der Waals surface area contributed by atoms with Gasteiger partial charge in [-0.15, -0.1) is 10.2 Å². The summed E-state index contributed by atoms with van der Waals surface area (Å²) in [7, 11) is 0.306. The lowest BCUT2D eigenvalue weighted by Gasteiger charge is -2.44. The van der Waals surface area contributed by atoms with Gasteiger partial charge >= 0.3 is 6.09 Å². The van der Waals surface area contributed by atoms with Crippen molar-refractivity contribution in [2.45, 2.75) is 103 Å². The van der Waals surface area contributed by atoms with Gasteiger partial charge in [0.25, 0.3) is 0 Å². The topological polar surface area (TPSA) is 106 Å². The van der Waals surface area contributed by atoms with Crippen LogP contribution >= 0.6 is 0 Å². The molecular formula is C37H52N4O7Si. The van der Waals surface area contributed by atoms with Gasteiger partial charge < -0.3 is 28.4 Å². The third-order valence-corrected chi connectivity index (χ3v) is 10.9. The monoisotopic (exact) mass is 692 g/mol. The first-order chi connectivity index (χ1) is 23.4. The second-order valence-corrected chi connectivity index (χ2v) is 21.1. The van der Waals surface area contributed by atoms with Crippen molar-refractivity contribution < 1.29 is 33.2 Å². The van der Waals surface area contributed by atoms with Gasteiger partial charge in [-0.1, -0.05) is 37.8 Å². The molecule has 5 heterocycles. The number of rotatable bonds is 12. The maximum atomic E-state index is 13.4. The van der Waals surface area contributed by atoms with E-state index in [0.717, 1.165) is 71.0 Å². The molecule has 3 atom stereocenters. The van der Waals surface area contributed by atoms with E-state index in [1.165, 1.54) is 0 Å². The van der Waals surface area contributed by atoms with Crippen LogP contribution in [-0.2, 0) is 36.8 Å². The third kappa shape index (κ3) is 8.37. The Balaban J connectivity index is 1.48. The van der Waals surface area contributed by atoms with Crippen LogP contribution in [0.15, 0.2) is 36.4 Å². The Morgan fingerprint density at radius 3 is 2.65 bits per heavy atom. The van der Waals surface area contributed by atoms with Crippen molar-refractivity contribution in [2.75, 3.05) is 40.3 Å². The largest absolute Gasteiger partial charge is 0.467 e. The van der Waals surface area contributed by atoms with Crippen molar-refractivity contribution in [1.82, 2.24) is 19.7 Å². The Kier molecular flexibility index (Phi) is 10.8. The van der Waals surface area contributed by atoms with Crippen LogP contribution in [-0.4, -0.2) is 98.0 Å². The number of carbonyl (C=O) groups is 1. The van der Waals surface area contributed by atoms with Crippen LogP contribution in [0.25, 0.3) is 27.9 Å². The molecule has 0 saturated carbocycles. The van der Waals surface area contributed by atoms with E-state index in [9.17, 15) is 4.79 Å². The van der Waals surface area contributed by atoms with Crippen molar-refractivity contribution in [3.63, 3.8) is 0 Å². The van der Waals surface area contributed by atoms with Gasteiger partial charge in [-0.25, -0.2) is 4.79 Å². The normalized spacial score (nSPS) is 21.2. The van der Waals surface area contributed by atoms with E-state index in [-0.39, 0.29) is 31.1 Å². The molecule has 11 nitrogen and oxygen atoms in total. The first-order valence-corrected chi connectivity index (χ1v) is 21.2. The molecule has 0 spiro atoms. The summed E-state index contributed by atoms with van der Waals surface area (Å²) in [5.74, 6) is 0.679. The SMILES string of the molecule is COCOc1ccccc1-c1cc2c(CC3CCCO3)c(C3=C[C@H]4COC[C@@H](C3)N4C(=O)OC(C)(C)C)n(COCC[Si](C)(C)C)c2nn1. The minimum atomic E-state index is -1.30. The fourth-order valence-corrected chi connectivity index (χ4v) is 7.66. The molecule has 266 valence electrons. The van der Waals surface area contributed by atoms with Gasteiger partial charge in [-0.2, -0.15) is 0 Å². The lowest BCUT2D eigenvalue weighted by molar-refractivity contribution is -0.0511. The highest BCUT2D eigenvalue weighted by Gasteiger charge is 2.41. The number of aromatic nitrogens is 3. The first kappa shape index (κ1) is 35.5. The zero-order chi connectivity index (χ0) is 34.8. The zero-order valence-electron chi connectivity index (χ0n) is 30.1. The van der Waals surface area contributed by atoms with Gasteiger partial charge in [-0.05, 0) is 75.4 Å². The van der Waals surface area contributed by atoms with E-state index in [1.807, 2.05) is 49.9 Å². The molecule has 2 fully saturated rings. The van der Waals surface area contributed by atoms with Crippen LogP contribution in [0.3, 0.4) is 0 Å². The minimum Gasteiger partial charge on any atom is -0.467 e. The average molecular weight is 693 g/mol. The summed E-state index contributed by atoms with van der Waals surface area (Å²) in [4.78, 5) is 15.3. The van der Waals surface area contributed by atoms with E-state index in [0.29, 0.717) is 38.7 Å². The molecule has 1 unspecified atom stereocenters. The number of hydrogen-bond acceptors (Lipinski definition) is 9. The maximum absolute atomic E-state index is 13.4. The molecule has 12 heteroatoms. The summed E-state index contributed by atoms with van der Waals surface area (Å²) in [5.41, 5.74) is 5.14. The summed E-state index contributed by atoms with van der Waals surface area (Å²) < 4.78 is 37.8. The number of hydrogen-bond donors (Lipinski definition) is 0. The smallest absolute Gasteiger partial charge is 0.411 e. The van der Waals surface area contributed by atoms with Crippen LogP contribution in [0.4, 0.5) is 4.79 Å². The van der Waals surface area contributed by atoms with Gasteiger partial charge in [0, 0.05) is 45.8 Å². The predicted octanol–water partition coefficient (Wildman–Crippen LogP) is 6.91. The van der Waals surface area contributed by atoms with E-state index < -0.39 is 13.7 Å².